The highest BCUT2D eigenvalue weighted by Gasteiger charge is 2.25. The second-order valence-corrected chi connectivity index (χ2v) is 8.43. The van der Waals surface area contributed by atoms with Gasteiger partial charge in [0.15, 0.2) is 0 Å². The molecule has 1 aromatic carbocycles. The van der Waals surface area contributed by atoms with Crippen LogP contribution in [0.5, 0.6) is 0 Å². The van der Waals surface area contributed by atoms with Gasteiger partial charge in [0.05, 0.1) is 0 Å². The van der Waals surface area contributed by atoms with E-state index in [1.165, 1.54) is 10.5 Å². The number of halogens is 1. The van der Waals surface area contributed by atoms with Gasteiger partial charge < -0.3 is 5.32 Å². The number of nitrogens with one attached hydrogen (secondary N) is 1. The van der Waals surface area contributed by atoms with Gasteiger partial charge >= 0.3 is 0 Å². The minimum absolute atomic E-state index is 0.409. The normalized spacial score (nSPS) is 30.9. The van der Waals surface area contributed by atoms with Crippen molar-refractivity contribution in [2.75, 3.05) is 17.3 Å². The monoisotopic (exact) mass is 315 g/mol. The maximum absolute atomic E-state index is 11.4. The van der Waals surface area contributed by atoms with E-state index in [4.69, 9.17) is 11.6 Å². The Morgan fingerprint density at radius 1 is 1.26 bits per heavy atom. The second-order valence-electron chi connectivity index (χ2n) is 5.16. The average molecular weight is 316 g/mol. The lowest BCUT2D eigenvalue weighted by molar-refractivity contribution is 0.399. The van der Waals surface area contributed by atoms with Crippen molar-refractivity contribution >= 4 is 34.2 Å². The van der Waals surface area contributed by atoms with E-state index in [-0.39, 0.29) is 0 Å². The van der Waals surface area contributed by atoms with E-state index in [1.807, 2.05) is 17.8 Å². The molecule has 2 aliphatic heterocycles. The first-order chi connectivity index (χ1) is 9.22. The summed E-state index contributed by atoms with van der Waals surface area (Å²) in [4.78, 5) is 1.35. The molecule has 0 bridgehead atoms. The molecule has 0 amide bonds. The summed E-state index contributed by atoms with van der Waals surface area (Å²) in [6.07, 6.45) is 3.22. The van der Waals surface area contributed by atoms with E-state index in [2.05, 4.69) is 17.4 Å². The molecule has 5 heteroatoms. The molecule has 0 aromatic heterocycles. The van der Waals surface area contributed by atoms with E-state index in [0.29, 0.717) is 12.1 Å². The summed E-state index contributed by atoms with van der Waals surface area (Å²) in [5.41, 5.74) is 1.34. The summed E-state index contributed by atoms with van der Waals surface area (Å²) in [6, 6.07) is 7.12. The minimum Gasteiger partial charge on any atom is -0.307 e. The summed E-state index contributed by atoms with van der Waals surface area (Å²) in [5, 5.41) is 4.57. The molecule has 0 aliphatic carbocycles. The third kappa shape index (κ3) is 3.35. The van der Waals surface area contributed by atoms with Gasteiger partial charge in [0, 0.05) is 44.3 Å². The largest absolute Gasteiger partial charge is 0.307 e. The van der Waals surface area contributed by atoms with Crippen LogP contribution in [0.4, 0.5) is 0 Å². The molecule has 1 aromatic rings. The van der Waals surface area contributed by atoms with Crippen molar-refractivity contribution < 1.29 is 4.21 Å². The number of hydrogen-bond donors (Lipinski definition) is 1. The molecule has 2 heterocycles. The predicted molar refractivity (Wildman–Crippen MR) is 83.6 cm³/mol. The smallest absolute Gasteiger partial charge is 0.0410 e. The molecule has 1 fully saturated rings. The number of benzene rings is 1. The molecule has 1 N–H and O–H groups in total. The van der Waals surface area contributed by atoms with Crippen LogP contribution in [-0.2, 0) is 10.8 Å². The fraction of sp³-hybridized carbons (Fsp3) is 0.571. The summed E-state index contributed by atoms with van der Waals surface area (Å²) in [5.74, 6) is 2.86. The van der Waals surface area contributed by atoms with E-state index in [0.717, 1.165) is 41.5 Å². The standard InChI is InChI=1S/C14H18ClNOS2/c15-10-1-2-14-12(9-10)13(3-6-18-14)16-11-4-7-19(17)8-5-11/h1-2,9,11,13,16H,3-8H2. The van der Waals surface area contributed by atoms with Crippen LogP contribution in [0, 0.1) is 0 Å². The van der Waals surface area contributed by atoms with Crippen LogP contribution in [0.15, 0.2) is 23.1 Å². The molecule has 3 rings (SSSR count). The van der Waals surface area contributed by atoms with Gasteiger partial charge in [0.25, 0.3) is 0 Å². The van der Waals surface area contributed by atoms with Crippen LogP contribution in [0.1, 0.15) is 30.9 Å². The van der Waals surface area contributed by atoms with Crippen molar-refractivity contribution in [2.45, 2.75) is 36.2 Å². The lowest BCUT2D eigenvalue weighted by Crippen LogP contribution is -2.39. The van der Waals surface area contributed by atoms with E-state index < -0.39 is 10.8 Å². The molecule has 0 radical (unpaired) electrons. The first-order valence-corrected chi connectivity index (χ1v) is 9.61. The first-order valence-electron chi connectivity index (χ1n) is 6.75. The van der Waals surface area contributed by atoms with Gasteiger partial charge in [-0.3, -0.25) is 4.21 Å². The van der Waals surface area contributed by atoms with Crippen molar-refractivity contribution in [3.63, 3.8) is 0 Å². The SMILES string of the molecule is O=S1CCC(NC2CCSc3ccc(Cl)cc32)CC1. The van der Waals surface area contributed by atoms with Crippen molar-refractivity contribution in [1.82, 2.24) is 5.32 Å². The third-order valence-corrected chi connectivity index (χ3v) is 6.58. The molecular formula is C14H18ClNOS2. The molecule has 2 aliphatic rings. The highest BCUT2D eigenvalue weighted by molar-refractivity contribution is 7.99. The second kappa shape index (κ2) is 6.17. The quantitative estimate of drug-likeness (QED) is 0.907. The Labute approximate surface area is 126 Å². The van der Waals surface area contributed by atoms with Crippen LogP contribution in [0.3, 0.4) is 0 Å². The maximum atomic E-state index is 11.4. The summed E-state index contributed by atoms with van der Waals surface area (Å²) in [7, 11) is -0.581. The Morgan fingerprint density at radius 2 is 2.05 bits per heavy atom. The van der Waals surface area contributed by atoms with E-state index in [1.54, 1.807) is 0 Å². The zero-order chi connectivity index (χ0) is 13.2. The van der Waals surface area contributed by atoms with E-state index in [9.17, 15) is 4.21 Å². The van der Waals surface area contributed by atoms with Crippen LogP contribution in [0.2, 0.25) is 5.02 Å². The molecular weight excluding hydrogens is 298 g/mol. The van der Waals surface area contributed by atoms with Crippen LogP contribution >= 0.6 is 23.4 Å². The maximum Gasteiger partial charge on any atom is 0.0410 e. The van der Waals surface area contributed by atoms with Crippen molar-refractivity contribution in [3.8, 4) is 0 Å². The number of rotatable bonds is 2. The molecule has 1 unspecified atom stereocenters. The minimum atomic E-state index is -0.581. The van der Waals surface area contributed by atoms with Gasteiger partial charge in [-0.25, -0.2) is 0 Å². The predicted octanol–water partition coefficient (Wildman–Crippen LogP) is 3.38. The fourth-order valence-electron chi connectivity index (χ4n) is 2.78. The fourth-order valence-corrected chi connectivity index (χ4v) is 5.37. The Morgan fingerprint density at radius 3 is 2.84 bits per heavy atom. The highest BCUT2D eigenvalue weighted by Crippen LogP contribution is 2.38. The van der Waals surface area contributed by atoms with Crippen molar-refractivity contribution in [3.05, 3.63) is 28.8 Å². The topological polar surface area (TPSA) is 29.1 Å². The van der Waals surface area contributed by atoms with Crippen LogP contribution in [0.25, 0.3) is 0 Å². The van der Waals surface area contributed by atoms with Gasteiger partial charge in [-0.2, -0.15) is 0 Å². The third-order valence-electron chi connectivity index (χ3n) is 3.84. The Balaban J connectivity index is 1.72. The lowest BCUT2D eigenvalue weighted by Gasteiger charge is -2.32. The molecule has 19 heavy (non-hydrogen) atoms. The lowest BCUT2D eigenvalue weighted by atomic mass is 10.0. The van der Waals surface area contributed by atoms with E-state index >= 15 is 0 Å². The van der Waals surface area contributed by atoms with Gasteiger partial charge in [0.2, 0.25) is 0 Å². The molecule has 1 atom stereocenters. The van der Waals surface area contributed by atoms with Crippen LogP contribution < -0.4 is 5.32 Å². The zero-order valence-corrected chi connectivity index (χ0v) is 13.1. The van der Waals surface area contributed by atoms with Crippen molar-refractivity contribution in [1.29, 1.82) is 0 Å². The van der Waals surface area contributed by atoms with Gasteiger partial charge in [-0.15, -0.1) is 11.8 Å². The van der Waals surface area contributed by atoms with Crippen molar-refractivity contribution in [2.24, 2.45) is 0 Å². The van der Waals surface area contributed by atoms with Crippen LogP contribution in [-0.4, -0.2) is 27.5 Å². The Bertz CT molecular complexity index is 484. The summed E-state index contributed by atoms with van der Waals surface area (Å²) in [6.45, 7) is 0. The molecule has 2 nitrogen and oxygen atoms in total. The molecule has 0 spiro atoms. The molecule has 104 valence electrons. The average Bonchev–Trinajstić information content (AvgIpc) is 2.42. The molecule has 1 saturated heterocycles. The summed E-state index contributed by atoms with van der Waals surface area (Å²) < 4.78 is 11.4. The molecule has 0 saturated carbocycles. The van der Waals surface area contributed by atoms with Gasteiger partial charge in [0.1, 0.15) is 0 Å². The number of hydrogen-bond acceptors (Lipinski definition) is 3. The summed E-state index contributed by atoms with van der Waals surface area (Å²) >= 11 is 8.04. The Kier molecular flexibility index (Phi) is 4.52. The van der Waals surface area contributed by atoms with Gasteiger partial charge in [-0.05, 0) is 48.8 Å². The zero-order valence-electron chi connectivity index (χ0n) is 10.7. The number of thioether (sulfide) groups is 1. The van der Waals surface area contributed by atoms with Gasteiger partial charge in [-0.1, -0.05) is 11.6 Å². The first kappa shape index (κ1) is 13.9. The Hall–Kier alpha value is -0.0300. The highest BCUT2D eigenvalue weighted by atomic mass is 35.5. The number of fused-ring (bicyclic) bond motifs is 1.